The lowest BCUT2D eigenvalue weighted by atomic mass is 9.80. The smallest absolute Gasteiger partial charge is 0.352 e. The Morgan fingerprint density at radius 1 is 0.837 bits per heavy atom. The first kappa shape index (κ1) is 27.1. The highest BCUT2D eigenvalue weighted by Crippen LogP contribution is 2.41. The number of carbonyl (C=O) groups excluding carboxylic acids is 1. The topological polar surface area (TPSA) is 85.3 Å². The molecule has 3 N–H and O–H groups in total. The number of carbonyl (C=O) groups is 2. The van der Waals surface area contributed by atoms with Gasteiger partial charge in [0.25, 0.3) is 0 Å². The summed E-state index contributed by atoms with van der Waals surface area (Å²) in [6, 6.07) is 33.4. The first-order valence-electron chi connectivity index (χ1n) is 14.9. The van der Waals surface area contributed by atoms with Crippen LogP contribution in [0.5, 0.6) is 0 Å². The predicted molar refractivity (Wildman–Crippen MR) is 173 cm³/mol. The van der Waals surface area contributed by atoms with Crippen LogP contribution in [-0.4, -0.2) is 28.0 Å². The van der Waals surface area contributed by atoms with E-state index >= 15 is 0 Å². The summed E-state index contributed by atoms with van der Waals surface area (Å²) < 4.78 is 1.86. The molecule has 6 aromatic rings. The van der Waals surface area contributed by atoms with Gasteiger partial charge in [-0.05, 0) is 69.6 Å². The van der Waals surface area contributed by atoms with Crippen molar-refractivity contribution < 1.29 is 14.7 Å². The molecule has 5 heteroatoms. The van der Waals surface area contributed by atoms with Crippen molar-refractivity contribution in [1.29, 1.82) is 0 Å². The maximum atomic E-state index is 14.0. The van der Waals surface area contributed by atoms with Crippen LogP contribution in [0.25, 0.3) is 32.3 Å². The summed E-state index contributed by atoms with van der Waals surface area (Å²) >= 11 is 0. The molecule has 5 nitrogen and oxygen atoms in total. The fourth-order valence-corrected chi connectivity index (χ4v) is 7.12. The number of fused-ring (bicyclic) bond motifs is 6. The highest BCUT2D eigenvalue weighted by atomic mass is 16.4. The molecule has 43 heavy (non-hydrogen) atoms. The van der Waals surface area contributed by atoms with E-state index in [0.717, 1.165) is 33.0 Å². The number of hydrogen-bond acceptors (Lipinski definition) is 3. The summed E-state index contributed by atoms with van der Waals surface area (Å²) in [6.45, 7) is 4.15. The number of rotatable bonds is 6. The van der Waals surface area contributed by atoms with E-state index in [0.29, 0.717) is 30.4 Å². The Labute approximate surface area is 250 Å². The predicted octanol–water partition coefficient (Wildman–Crippen LogP) is 7.84. The van der Waals surface area contributed by atoms with Crippen molar-refractivity contribution in [3.8, 4) is 0 Å². The SMILES string of the molecule is CC(C)(CN)n1c2c(c(Cc3ccc4ccc5c6ccccc6ccc5c4c3)c1C(=O)O)C(=O)CC(c1ccccc1)C2. The molecule has 5 aromatic carbocycles. The molecule has 0 saturated heterocycles. The van der Waals surface area contributed by atoms with Gasteiger partial charge in [-0.2, -0.15) is 0 Å². The van der Waals surface area contributed by atoms with Crippen LogP contribution in [0.2, 0.25) is 0 Å². The molecule has 214 valence electrons. The van der Waals surface area contributed by atoms with Gasteiger partial charge in [-0.3, -0.25) is 4.79 Å². The van der Waals surface area contributed by atoms with Gasteiger partial charge in [0.1, 0.15) is 5.69 Å². The molecule has 0 radical (unpaired) electrons. The second kappa shape index (κ2) is 10.2. The van der Waals surface area contributed by atoms with Crippen molar-refractivity contribution in [2.24, 2.45) is 5.73 Å². The average Bonchev–Trinajstić information content (AvgIpc) is 3.36. The van der Waals surface area contributed by atoms with E-state index in [9.17, 15) is 14.7 Å². The number of nitrogens with zero attached hydrogens (tertiary/aromatic N) is 1. The number of ketones is 1. The van der Waals surface area contributed by atoms with Crippen molar-refractivity contribution in [3.05, 3.63) is 131 Å². The average molecular weight is 567 g/mol. The van der Waals surface area contributed by atoms with E-state index in [1.807, 2.05) is 48.7 Å². The van der Waals surface area contributed by atoms with Crippen LogP contribution in [0.4, 0.5) is 0 Å². The second-order valence-corrected chi connectivity index (χ2v) is 12.4. The standard InChI is InChI=1S/C38H34N2O3/c1-38(2,22-39)40-33-20-27(24-8-4-3-5-9-24)21-34(41)35(33)32(36(40)37(42)43)19-23-12-13-26-15-16-29-28-11-7-6-10-25(28)14-17-30(29)31(26)18-23/h3-18,27H,19-22,39H2,1-2H3,(H,42,43). The Bertz CT molecular complexity index is 2070. The summed E-state index contributed by atoms with van der Waals surface area (Å²) in [5.41, 5.74) is 9.72. The Morgan fingerprint density at radius 3 is 2.21 bits per heavy atom. The summed E-state index contributed by atoms with van der Waals surface area (Å²) in [5, 5.41) is 17.6. The van der Waals surface area contributed by atoms with Crippen LogP contribution in [0.1, 0.15) is 69.4 Å². The third-order valence-electron chi connectivity index (χ3n) is 9.29. The van der Waals surface area contributed by atoms with Crippen LogP contribution in [0.3, 0.4) is 0 Å². The fraction of sp³-hybridized carbons (Fsp3) is 0.211. The summed E-state index contributed by atoms with van der Waals surface area (Å²) in [6.07, 6.45) is 1.29. The van der Waals surface area contributed by atoms with E-state index in [-0.39, 0.29) is 23.9 Å². The maximum Gasteiger partial charge on any atom is 0.352 e. The Kier molecular flexibility index (Phi) is 6.44. The van der Waals surface area contributed by atoms with Crippen molar-refractivity contribution in [1.82, 2.24) is 4.57 Å². The molecule has 0 saturated carbocycles. The number of Topliss-reactive ketones (excluding diaryl/α,β-unsaturated/α-hetero) is 1. The Balaban J connectivity index is 1.41. The summed E-state index contributed by atoms with van der Waals surface area (Å²) in [4.78, 5) is 27.0. The molecule has 0 fully saturated rings. The fourth-order valence-electron chi connectivity index (χ4n) is 7.12. The number of benzene rings is 5. The van der Waals surface area contributed by atoms with E-state index in [4.69, 9.17) is 5.73 Å². The van der Waals surface area contributed by atoms with Gasteiger partial charge in [0, 0.05) is 36.2 Å². The van der Waals surface area contributed by atoms with Gasteiger partial charge in [-0.1, -0.05) is 97.1 Å². The van der Waals surface area contributed by atoms with Gasteiger partial charge in [0.15, 0.2) is 5.78 Å². The van der Waals surface area contributed by atoms with Crippen molar-refractivity contribution in [2.45, 2.75) is 44.6 Å². The summed E-state index contributed by atoms with van der Waals surface area (Å²) in [7, 11) is 0. The highest BCUT2D eigenvalue weighted by molar-refractivity contribution is 6.17. The molecule has 7 rings (SSSR count). The van der Waals surface area contributed by atoms with Gasteiger partial charge >= 0.3 is 5.97 Å². The molecule has 1 aromatic heterocycles. The molecule has 1 unspecified atom stereocenters. The zero-order valence-electron chi connectivity index (χ0n) is 24.4. The zero-order valence-corrected chi connectivity index (χ0v) is 24.4. The van der Waals surface area contributed by atoms with Crippen LogP contribution in [-0.2, 0) is 18.4 Å². The minimum atomic E-state index is -1.03. The second-order valence-electron chi connectivity index (χ2n) is 12.4. The molecule has 1 aliphatic rings. The van der Waals surface area contributed by atoms with Gasteiger partial charge < -0.3 is 15.4 Å². The maximum absolute atomic E-state index is 14.0. The van der Waals surface area contributed by atoms with Crippen LogP contribution < -0.4 is 5.73 Å². The van der Waals surface area contributed by atoms with Crippen molar-refractivity contribution in [3.63, 3.8) is 0 Å². The molecule has 0 amide bonds. The first-order valence-corrected chi connectivity index (χ1v) is 14.9. The molecule has 0 aliphatic heterocycles. The molecular formula is C38H34N2O3. The molecule has 1 atom stereocenters. The third kappa shape index (κ3) is 4.43. The molecule has 0 bridgehead atoms. The van der Waals surface area contributed by atoms with E-state index in [1.54, 1.807) is 0 Å². The minimum Gasteiger partial charge on any atom is -0.477 e. The Hall–Kier alpha value is -4.74. The third-order valence-corrected chi connectivity index (χ3v) is 9.29. The van der Waals surface area contributed by atoms with E-state index < -0.39 is 11.5 Å². The lowest BCUT2D eigenvalue weighted by molar-refractivity contribution is 0.0675. The van der Waals surface area contributed by atoms with Crippen LogP contribution in [0, 0.1) is 0 Å². The Morgan fingerprint density at radius 2 is 1.49 bits per heavy atom. The molecular weight excluding hydrogens is 532 g/mol. The quantitative estimate of drug-likeness (QED) is 0.201. The normalized spacial score (nSPS) is 15.3. The van der Waals surface area contributed by atoms with Gasteiger partial charge in [-0.15, -0.1) is 0 Å². The summed E-state index contributed by atoms with van der Waals surface area (Å²) in [5.74, 6) is -1.05. The number of aromatic carboxylic acids is 1. The lowest BCUT2D eigenvalue weighted by Gasteiger charge is -2.32. The zero-order chi connectivity index (χ0) is 29.9. The largest absolute Gasteiger partial charge is 0.477 e. The van der Waals surface area contributed by atoms with Crippen molar-refractivity contribution in [2.75, 3.05) is 6.54 Å². The molecule has 1 heterocycles. The van der Waals surface area contributed by atoms with Crippen molar-refractivity contribution >= 4 is 44.1 Å². The van der Waals surface area contributed by atoms with Crippen LogP contribution >= 0.6 is 0 Å². The van der Waals surface area contributed by atoms with Crippen LogP contribution in [0.15, 0.2) is 97.1 Å². The number of nitrogens with two attached hydrogens (primary N) is 1. The minimum absolute atomic E-state index is 0.00289. The van der Waals surface area contributed by atoms with E-state index in [2.05, 4.69) is 66.7 Å². The first-order chi connectivity index (χ1) is 20.8. The lowest BCUT2D eigenvalue weighted by Crippen LogP contribution is -2.39. The number of hydrogen-bond donors (Lipinski definition) is 2. The number of carboxylic acids is 1. The van der Waals surface area contributed by atoms with Gasteiger partial charge in [0.05, 0.1) is 5.54 Å². The van der Waals surface area contributed by atoms with Gasteiger partial charge in [0.2, 0.25) is 0 Å². The van der Waals surface area contributed by atoms with Gasteiger partial charge in [-0.25, -0.2) is 4.79 Å². The molecule has 1 aliphatic carbocycles. The number of aromatic nitrogens is 1. The van der Waals surface area contributed by atoms with E-state index in [1.165, 1.54) is 16.2 Å². The number of carboxylic acid groups (broad SMARTS) is 1. The molecule has 0 spiro atoms. The highest BCUT2D eigenvalue weighted by Gasteiger charge is 2.39. The monoisotopic (exact) mass is 566 g/mol.